The molecule has 6 heteroatoms. The van der Waals surface area contributed by atoms with Gasteiger partial charge >= 0.3 is 0 Å². The Hall–Kier alpha value is -3.64. The molecule has 0 bridgehead atoms. The zero-order valence-corrected chi connectivity index (χ0v) is 19.6. The first-order valence-electron chi connectivity index (χ1n) is 11.8. The fourth-order valence-electron chi connectivity index (χ4n) is 4.05. The van der Waals surface area contributed by atoms with Crippen molar-refractivity contribution in [2.24, 2.45) is 0 Å². The smallest absolute Gasteiger partial charge is 0.262 e. The topological polar surface area (TPSA) is 61.9 Å². The summed E-state index contributed by atoms with van der Waals surface area (Å²) < 4.78 is 5.54. The molecule has 0 spiro atoms. The molecule has 0 aliphatic carbocycles. The molecule has 1 saturated heterocycles. The summed E-state index contributed by atoms with van der Waals surface area (Å²) >= 11 is 0. The van der Waals surface area contributed by atoms with Gasteiger partial charge in [0.05, 0.1) is 0 Å². The summed E-state index contributed by atoms with van der Waals surface area (Å²) in [6.45, 7) is 6.74. The molecule has 4 rings (SSSR count). The second-order valence-electron chi connectivity index (χ2n) is 8.43. The number of hydrogen-bond donors (Lipinski definition) is 1. The third-order valence-electron chi connectivity index (χ3n) is 6.00. The first kappa shape index (κ1) is 23.5. The monoisotopic (exact) mass is 457 g/mol. The highest BCUT2D eigenvalue weighted by molar-refractivity contribution is 5.96. The highest BCUT2D eigenvalue weighted by Crippen LogP contribution is 2.20. The minimum absolute atomic E-state index is 0.0850. The number of Topliss-reactive ketones (excluding diaryl/α,β-unsaturated/α-hetero) is 1. The van der Waals surface area contributed by atoms with Crippen LogP contribution in [0.5, 0.6) is 5.75 Å². The lowest BCUT2D eigenvalue weighted by molar-refractivity contribution is -0.118. The van der Waals surface area contributed by atoms with Crippen LogP contribution in [0.3, 0.4) is 0 Å². The summed E-state index contributed by atoms with van der Waals surface area (Å²) in [4.78, 5) is 28.8. The molecule has 0 radical (unpaired) electrons. The number of ketones is 1. The van der Waals surface area contributed by atoms with Gasteiger partial charge in [-0.25, -0.2) is 0 Å². The molecule has 1 N–H and O–H groups in total. The lowest BCUT2D eigenvalue weighted by Crippen LogP contribution is -2.45. The third kappa shape index (κ3) is 6.45. The molecule has 34 heavy (non-hydrogen) atoms. The van der Waals surface area contributed by atoms with Gasteiger partial charge in [0.2, 0.25) is 0 Å². The van der Waals surface area contributed by atoms with Crippen LogP contribution in [-0.4, -0.2) is 49.4 Å². The van der Waals surface area contributed by atoms with E-state index in [4.69, 9.17) is 4.74 Å². The van der Waals surface area contributed by atoms with Gasteiger partial charge in [-0.2, -0.15) is 0 Å². The molecule has 3 aromatic rings. The van der Waals surface area contributed by atoms with Gasteiger partial charge in [0, 0.05) is 56.1 Å². The van der Waals surface area contributed by atoms with E-state index in [1.54, 1.807) is 24.3 Å². The number of nitrogens with zero attached hydrogens (tertiary/aromatic N) is 2. The average Bonchev–Trinajstić information content (AvgIpc) is 2.89. The highest BCUT2D eigenvalue weighted by atomic mass is 16.5. The second-order valence-corrected chi connectivity index (χ2v) is 8.43. The number of ether oxygens (including phenoxy) is 1. The molecule has 1 aliphatic heterocycles. The van der Waals surface area contributed by atoms with Gasteiger partial charge in [-0.05, 0) is 54.1 Å². The molecule has 1 fully saturated rings. The Labute approximate surface area is 201 Å². The highest BCUT2D eigenvalue weighted by Gasteiger charge is 2.17. The van der Waals surface area contributed by atoms with Crippen LogP contribution in [0.2, 0.25) is 0 Å². The van der Waals surface area contributed by atoms with Crippen LogP contribution in [0.25, 0.3) is 0 Å². The Balaban J connectivity index is 1.21. The molecule has 6 nitrogen and oxygen atoms in total. The Morgan fingerprint density at radius 2 is 1.53 bits per heavy atom. The fraction of sp³-hybridized carbons (Fsp3) is 0.286. The maximum absolute atomic E-state index is 12.3. The van der Waals surface area contributed by atoms with Crippen molar-refractivity contribution in [2.45, 2.75) is 19.9 Å². The number of carbonyl (C=O) groups is 2. The van der Waals surface area contributed by atoms with Crippen molar-refractivity contribution < 1.29 is 14.3 Å². The zero-order valence-electron chi connectivity index (χ0n) is 19.6. The van der Waals surface area contributed by atoms with Crippen LogP contribution in [0.15, 0.2) is 78.9 Å². The first-order valence-corrected chi connectivity index (χ1v) is 11.8. The van der Waals surface area contributed by atoms with E-state index in [1.165, 1.54) is 5.56 Å². The van der Waals surface area contributed by atoms with Gasteiger partial charge in [0.25, 0.3) is 5.91 Å². The Morgan fingerprint density at radius 1 is 0.853 bits per heavy atom. The number of benzene rings is 3. The maximum atomic E-state index is 12.3. The number of anilines is 2. The van der Waals surface area contributed by atoms with Crippen LogP contribution >= 0.6 is 0 Å². The Morgan fingerprint density at radius 3 is 2.18 bits per heavy atom. The van der Waals surface area contributed by atoms with Gasteiger partial charge in [0.1, 0.15) is 5.75 Å². The minimum Gasteiger partial charge on any atom is -0.484 e. The van der Waals surface area contributed by atoms with Crippen LogP contribution in [-0.2, 0) is 11.3 Å². The van der Waals surface area contributed by atoms with Crippen LogP contribution in [0.1, 0.15) is 29.3 Å². The van der Waals surface area contributed by atoms with E-state index in [2.05, 4.69) is 45.4 Å². The average molecular weight is 458 g/mol. The van der Waals surface area contributed by atoms with E-state index in [-0.39, 0.29) is 18.3 Å². The van der Waals surface area contributed by atoms with Gasteiger partial charge in [-0.1, -0.05) is 37.3 Å². The van der Waals surface area contributed by atoms with Crippen molar-refractivity contribution in [3.05, 3.63) is 90.0 Å². The summed E-state index contributed by atoms with van der Waals surface area (Å²) in [5.41, 5.74) is 3.90. The van der Waals surface area contributed by atoms with Crippen molar-refractivity contribution in [3.63, 3.8) is 0 Å². The maximum Gasteiger partial charge on any atom is 0.262 e. The summed E-state index contributed by atoms with van der Waals surface area (Å²) in [7, 11) is 0. The lowest BCUT2D eigenvalue weighted by atomic mass is 10.1. The van der Waals surface area contributed by atoms with Crippen molar-refractivity contribution in [1.82, 2.24) is 4.90 Å². The van der Waals surface area contributed by atoms with E-state index >= 15 is 0 Å². The van der Waals surface area contributed by atoms with E-state index in [0.29, 0.717) is 17.7 Å². The molecule has 0 atom stereocenters. The molecule has 176 valence electrons. The molecular formula is C28H31N3O3. The van der Waals surface area contributed by atoms with Crippen molar-refractivity contribution in [1.29, 1.82) is 0 Å². The predicted octanol–water partition coefficient (Wildman–Crippen LogP) is 4.62. The normalized spacial score (nSPS) is 14.0. The quantitative estimate of drug-likeness (QED) is 0.475. The number of amides is 1. The van der Waals surface area contributed by atoms with Crippen molar-refractivity contribution in [3.8, 4) is 5.75 Å². The zero-order chi connectivity index (χ0) is 23.8. The molecule has 1 aliphatic rings. The van der Waals surface area contributed by atoms with Gasteiger partial charge in [0.15, 0.2) is 12.4 Å². The number of rotatable bonds is 9. The minimum atomic E-state index is -0.226. The Bertz CT molecular complexity index is 1070. The van der Waals surface area contributed by atoms with Gasteiger partial charge < -0.3 is 15.0 Å². The molecule has 1 heterocycles. The molecule has 0 aromatic heterocycles. The molecule has 0 unspecified atom stereocenters. The number of carbonyl (C=O) groups excluding carboxylic acids is 2. The van der Waals surface area contributed by atoms with Crippen LogP contribution in [0, 0.1) is 0 Å². The molecule has 3 aromatic carbocycles. The van der Waals surface area contributed by atoms with Crippen molar-refractivity contribution >= 4 is 23.1 Å². The van der Waals surface area contributed by atoms with E-state index < -0.39 is 0 Å². The largest absolute Gasteiger partial charge is 0.484 e. The SMILES string of the molecule is CCC(=O)c1ccc(OCC(=O)Nc2ccc(N3CCN(Cc4ccccc4)CC3)cc2)cc1. The van der Waals surface area contributed by atoms with Gasteiger partial charge in [-0.15, -0.1) is 0 Å². The van der Waals surface area contributed by atoms with Crippen LogP contribution in [0.4, 0.5) is 11.4 Å². The van der Waals surface area contributed by atoms with E-state index in [1.807, 2.05) is 31.2 Å². The molecular weight excluding hydrogens is 426 g/mol. The third-order valence-corrected chi connectivity index (χ3v) is 6.00. The summed E-state index contributed by atoms with van der Waals surface area (Å²) in [6, 6.07) is 25.4. The fourth-order valence-corrected chi connectivity index (χ4v) is 4.05. The van der Waals surface area contributed by atoms with Crippen LogP contribution < -0.4 is 15.0 Å². The summed E-state index contributed by atoms with van der Waals surface area (Å²) in [5.74, 6) is 0.419. The Kier molecular flexibility index (Phi) is 7.94. The lowest BCUT2D eigenvalue weighted by Gasteiger charge is -2.36. The summed E-state index contributed by atoms with van der Waals surface area (Å²) in [5, 5.41) is 2.87. The van der Waals surface area contributed by atoms with E-state index in [0.717, 1.165) is 44.1 Å². The number of hydrogen-bond acceptors (Lipinski definition) is 5. The second kappa shape index (κ2) is 11.5. The number of piperazine rings is 1. The molecule has 1 amide bonds. The number of nitrogens with one attached hydrogen (secondary N) is 1. The first-order chi connectivity index (χ1) is 16.6. The predicted molar refractivity (Wildman–Crippen MR) is 136 cm³/mol. The van der Waals surface area contributed by atoms with E-state index in [9.17, 15) is 9.59 Å². The summed E-state index contributed by atoms with van der Waals surface area (Å²) in [6.07, 6.45) is 0.464. The molecule has 0 saturated carbocycles. The van der Waals surface area contributed by atoms with Gasteiger partial charge in [-0.3, -0.25) is 14.5 Å². The standard InChI is InChI=1S/C28H31N3O3/c1-2-27(32)23-8-14-26(15-9-23)34-21-28(33)29-24-10-12-25(13-11-24)31-18-16-30(17-19-31)20-22-6-4-3-5-7-22/h3-15H,2,16-21H2,1H3,(H,29,33). The van der Waals surface area contributed by atoms with Crippen molar-refractivity contribution in [2.75, 3.05) is 43.0 Å².